The summed E-state index contributed by atoms with van der Waals surface area (Å²) in [7, 11) is 0. The predicted octanol–water partition coefficient (Wildman–Crippen LogP) is 4.18. The highest BCUT2D eigenvalue weighted by molar-refractivity contribution is 5.88. The summed E-state index contributed by atoms with van der Waals surface area (Å²) in [6, 6.07) is 17.3. The van der Waals surface area contributed by atoms with Gasteiger partial charge in [0, 0.05) is 35.4 Å². The zero-order valence-electron chi connectivity index (χ0n) is 14.2. The van der Waals surface area contributed by atoms with Crippen molar-refractivity contribution >= 4 is 0 Å². The third-order valence-corrected chi connectivity index (χ3v) is 5.48. The number of hydrogen-bond acceptors (Lipinski definition) is 3. The van der Waals surface area contributed by atoms with Crippen LogP contribution in [0.2, 0.25) is 0 Å². The number of aromatic nitrogens is 2. The molecule has 2 aliphatic rings. The molecule has 0 saturated carbocycles. The molecule has 2 aromatic heterocycles. The third-order valence-electron chi connectivity index (χ3n) is 5.48. The molecular weight excluding hydrogens is 306 g/mol. The van der Waals surface area contributed by atoms with Crippen LogP contribution in [0.5, 0.6) is 0 Å². The molecule has 5 rings (SSSR count). The Labute approximate surface area is 148 Å². The van der Waals surface area contributed by atoms with Crippen LogP contribution in [0.3, 0.4) is 0 Å². The Bertz CT molecular complexity index is 926. The summed E-state index contributed by atoms with van der Waals surface area (Å²) in [4.78, 5) is 9.70. The van der Waals surface area contributed by atoms with Crippen molar-refractivity contribution in [1.82, 2.24) is 15.3 Å². The minimum atomic E-state index is 0.573. The molecule has 124 valence electrons. The van der Waals surface area contributed by atoms with Gasteiger partial charge in [-0.15, -0.1) is 0 Å². The van der Waals surface area contributed by atoms with E-state index < -0.39 is 0 Å². The SMILES string of the molecule is c1cc(-c2ccnc3c2-c2ccccc2C3)nc(C2CCNCC2)c1. The molecule has 25 heavy (non-hydrogen) atoms. The summed E-state index contributed by atoms with van der Waals surface area (Å²) < 4.78 is 0. The number of piperidine rings is 1. The standard InChI is InChI=1S/C22H21N3/c1-2-5-17-16(4-1)14-21-22(17)18(10-13-24-21)20-7-3-6-19(25-20)15-8-11-23-12-9-15/h1-7,10,13,15,23H,8-9,11-12,14H2. The van der Waals surface area contributed by atoms with Gasteiger partial charge in [-0.2, -0.15) is 0 Å². The largest absolute Gasteiger partial charge is 0.317 e. The van der Waals surface area contributed by atoms with E-state index in [-0.39, 0.29) is 0 Å². The second kappa shape index (κ2) is 6.08. The molecule has 0 bridgehead atoms. The van der Waals surface area contributed by atoms with Crippen LogP contribution in [0.15, 0.2) is 54.7 Å². The summed E-state index contributed by atoms with van der Waals surface area (Å²) >= 11 is 0. The van der Waals surface area contributed by atoms with Gasteiger partial charge in [-0.3, -0.25) is 9.97 Å². The van der Waals surface area contributed by atoms with Crippen LogP contribution in [0.1, 0.15) is 35.7 Å². The molecule has 1 aliphatic carbocycles. The maximum atomic E-state index is 5.06. The Morgan fingerprint density at radius 3 is 2.68 bits per heavy atom. The van der Waals surface area contributed by atoms with Gasteiger partial charge in [0.15, 0.2) is 0 Å². The Morgan fingerprint density at radius 1 is 0.880 bits per heavy atom. The molecule has 1 N–H and O–H groups in total. The average Bonchev–Trinajstić information content (AvgIpc) is 3.07. The van der Waals surface area contributed by atoms with Crippen molar-refractivity contribution < 1.29 is 0 Å². The van der Waals surface area contributed by atoms with E-state index in [9.17, 15) is 0 Å². The van der Waals surface area contributed by atoms with E-state index in [1.165, 1.54) is 46.5 Å². The number of fused-ring (bicyclic) bond motifs is 3. The zero-order chi connectivity index (χ0) is 16.6. The highest BCUT2D eigenvalue weighted by Gasteiger charge is 2.24. The molecule has 1 aromatic carbocycles. The van der Waals surface area contributed by atoms with Crippen molar-refractivity contribution in [2.24, 2.45) is 0 Å². The molecule has 3 aromatic rings. The van der Waals surface area contributed by atoms with Crippen molar-refractivity contribution in [3.8, 4) is 22.4 Å². The van der Waals surface area contributed by atoms with Crippen LogP contribution in [0.25, 0.3) is 22.4 Å². The number of benzene rings is 1. The number of nitrogens with one attached hydrogen (secondary N) is 1. The van der Waals surface area contributed by atoms with Crippen LogP contribution in [-0.2, 0) is 6.42 Å². The van der Waals surface area contributed by atoms with Gasteiger partial charge in [0.05, 0.1) is 11.4 Å². The number of hydrogen-bond donors (Lipinski definition) is 1. The lowest BCUT2D eigenvalue weighted by Crippen LogP contribution is -2.27. The molecule has 3 heterocycles. The lowest BCUT2D eigenvalue weighted by molar-refractivity contribution is 0.453. The van der Waals surface area contributed by atoms with Crippen LogP contribution >= 0.6 is 0 Å². The Kier molecular flexibility index (Phi) is 3.60. The second-order valence-electron chi connectivity index (χ2n) is 6.99. The summed E-state index contributed by atoms with van der Waals surface area (Å²) in [5.41, 5.74) is 8.65. The lowest BCUT2D eigenvalue weighted by Gasteiger charge is -2.22. The number of rotatable bonds is 2. The summed E-state index contributed by atoms with van der Waals surface area (Å²) in [6.07, 6.45) is 5.20. The zero-order valence-corrected chi connectivity index (χ0v) is 14.2. The summed E-state index contributed by atoms with van der Waals surface area (Å²) in [5, 5.41) is 3.44. The maximum Gasteiger partial charge on any atom is 0.0712 e. The fourth-order valence-corrected chi connectivity index (χ4v) is 4.20. The summed E-state index contributed by atoms with van der Waals surface area (Å²) in [6.45, 7) is 2.18. The van der Waals surface area contributed by atoms with Crippen molar-refractivity contribution in [3.63, 3.8) is 0 Å². The van der Waals surface area contributed by atoms with E-state index in [1.54, 1.807) is 0 Å². The number of pyridine rings is 2. The van der Waals surface area contributed by atoms with E-state index in [2.05, 4.69) is 58.8 Å². The predicted molar refractivity (Wildman–Crippen MR) is 101 cm³/mol. The molecule has 0 unspecified atom stereocenters. The highest BCUT2D eigenvalue weighted by Crippen LogP contribution is 2.41. The normalized spacial score (nSPS) is 16.5. The Morgan fingerprint density at radius 2 is 1.76 bits per heavy atom. The molecule has 3 heteroatoms. The fraction of sp³-hybridized carbons (Fsp3) is 0.273. The van der Waals surface area contributed by atoms with Crippen LogP contribution in [0.4, 0.5) is 0 Å². The van der Waals surface area contributed by atoms with E-state index in [1.807, 2.05) is 6.20 Å². The van der Waals surface area contributed by atoms with Crippen LogP contribution < -0.4 is 5.32 Å². The smallest absolute Gasteiger partial charge is 0.0712 e. The minimum Gasteiger partial charge on any atom is -0.317 e. The number of nitrogens with zero attached hydrogens (tertiary/aromatic N) is 2. The van der Waals surface area contributed by atoms with Gasteiger partial charge in [0.1, 0.15) is 0 Å². The molecular formula is C22H21N3. The maximum absolute atomic E-state index is 5.06. The topological polar surface area (TPSA) is 37.8 Å². The highest BCUT2D eigenvalue weighted by atomic mass is 14.9. The molecule has 3 nitrogen and oxygen atoms in total. The fourth-order valence-electron chi connectivity index (χ4n) is 4.20. The first kappa shape index (κ1) is 14.8. The monoisotopic (exact) mass is 327 g/mol. The first-order chi connectivity index (χ1) is 12.4. The van der Waals surface area contributed by atoms with Crippen LogP contribution in [-0.4, -0.2) is 23.1 Å². The average molecular weight is 327 g/mol. The summed E-state index contributed by atoms with van der Waals surface area (Å²) in [5.74, 6) is 0.573. The Balaban J connectivity index is 1.61. The van der Waals surface area contributed by atoms with Gasteiger partial charge in [0.2, 0.25) is 0 Å². The van der Waals surface area contributed by atoms with Gasteiger partial charge in [-0.05, 0) is 55.3 Å². The van der Waals surface area contributed by atoms with Crippen molar-refractivity contribution in [1.29, 1.82) is 0 Å². The lowest BCUT2D eigenvalue weighted by atomic mass is 9.93. The second-order valence-corrected chi connectivity index (χ2v) is 6.99. The van der Waals surface area contributed by atoms with Gasteiger partial charge < -0.3 is 5.32 Å². The molecule has 0 radical (unpaired) electrons. The first-order valence-corrected chi connectivity index (χ1v) is 9.14. The van der Waals surface area contributed by atoms with E-state index in [4.69, 9.17) is 4.98 Å². The molecule has 1 saturated heterocycles. The van der Waals surface area contributed by atoms with Gasteiger partial charge in [0.25, 0.3) is 0 Å². The van der Waals surface area contributed by atoms with Crippen molar-refractivity contribution in [2.75, 3.05) is 13.1 Å². The quantitative estimate of drug-likeness (QED) is 0.600. The molecule has 0 atom stereocenters. The minimum absolute atomic E-state index is 0.573. The van der Waals surface area contributed by atoms with E-state index >= 15 is 0 Å². The van der Waals surface area contributed by atoms with Gasteiger partial charge >= 0.3 is 0 Å². The van der Waals surface area contributed by atoms with E-state index in [0.717, 1.165) is 25.2 Å². The van der Waals surface area contributed by atoms with Crippen molar-refractivity contribution in [2.45, 2.75) is 25.2 Å². The molecule has 1 fully saturated rings. The molecule has 0 amide bonds. The third kappa shape index (κ3) is 2.56. The molecule has 1 aliphatic heterocycles. The van der Waals surface area contributed by atoms with Gasteiger partial charge in [-0.25, -0.2) is 0 Å². The van der Waals surface area contributed by atoms with E-state index in [0.29, 0.717) is 5.92 Å². The first-order valence-electron chi connectivity index (χ1n) is 9.14. The van der Waals surface area contributed by atoms with Crippen molar-refractivity contribution in [3.05, 3.63) is 71.7 Å². The molecule has 0 spiro atoms. The van der Waals surface area contributed by atoms with Gasteiger partial charge in [-0.1, -0.05) is 30.3 Å². The Hall–Kier alpha value is -2.52. The van der Waals surface area contributed by atoms with Crippen LogP contribution in [0, 0.1) is 0 Å².